The maximum absolute atomic E-state index is 12.6. The Bertz CT molecular complexity index is 1000. The van der Waals surface area contributed by atoms with Gasteiger partial charge >= 0.3 is 0 Å². The molecule has 1 aromatic heterocycles. The number of nitrogens with zero attached hydrogens (tertiary/aromatic N) is 4. The normalized spacial score (nSPS) is 14.2. The number of carbonyl (C=O) groups is 1. The number of benzene rings is 2. The molecular weight excluding hydrogens is 408 g/mol. The fourth-order valence-electron chi connectivity index (χ4n) is 3.19. The van der Waals surface area contributed by atoms with Crippen LogP contribution in [0.2, 0.25) is 5.02 Å². The van der Waals surface area contributed by atoms with Crippen molar-refractivity contribution in [2.45, 2.75) is 12.1 Å². The van der Waals surface area contributed by atoms with E-state index in [0.29, 0.717) is 42.2 Å². The number of hydrogen-bond donors (Lipinski definition) is 0. The number of morpholine rings is 1. The quantitative estimate of drug-likeness (QED) is 0.578. The minimum Gasteiger partial charge on any atom is -0.378 e. The third-order valence-corrected chi connectivity index (χ3v) is 5.85. The summed E-state index contributed by atoms with van der Waals surface area (Å²) in [5.74, 6) is 1.12. The van der Waals surface area contributed by atoms with E-state index in [4.69, 9.17) is 16.3 Å². The number of ether oxygens (including phenoxy) is 1. The van der Waals surface area contributed by atoms with Crippen molar-refractivity contribution >= 4 is 29.3 Å². The molecule has 4 rings (SSSR count). The molecule has 0 bridgehead atoms. The van der Waals surface area contributed by atoms with Gasteiger partial charge in [0.25, 0.3) is 0 Å². The molecule has 1 amide bonds. The molecule has 6 nitrogen and oxygen atoms in total. The smallest absolute Gasteiger partial charge is 0.233 e. The molecule has 8 heteroatoms. The minimum absolute atomic E-state index is 0.0843. The SMILES string of the molecule is Cc1cccc(-c2nnc(SCC(=O)N3CCOCC3)n2-c2ccc(Cl)cc2)c1. The largest absolute Gasteiger partial charge is 0.378 e. The lowest BCUT2D eigenvalue weighted by molar-refractivity contribution is -0.132. The minimum atomic E-state index is 0.0843. The highest BCUT2D eigenvalue weighted by Crippen LogP contribution is 2.29. The lowest BCUT2D eigenvalue weighted by atomic mass is 10.1. The number of aromatic nitrogens is 3. The summed E-state index contributed by atoms with van der Waals surface area (Å²) in [7, 11) is 0. The van der Waals surface area contributed by atoms with E-state index in [-0.39, 0.29) is 5.91 Å². The monoisotopic (exact) mass is 428 g/mol. The van der Waals surface area contributed by atoms with E-state index in [1.54, 1.807) is 0 Å². The number of thioether (sulfide) groups is 1. The average Bonchev–Trinajstić information content (AvgIpc) is 3.17. The van der Waals surface area contributed by atoms with Crippen LogP contribution in [0.5, 0.6) is 0 Å². The number of amides is 1. The Labute approximate surface area is 178 Å². The van der Waals surface area contributed by atoms with E-state index in [1.807, 2.05) is 58.9 Å². The van der Waals surface area contributed by atoms with Gasteiger partial charge in [-0.15, -0.1) is 10.2 Å². The molecule has 1 fully saturated rings. The molecule has 0 N–H and O–H groups in total. The van der Waals surface area contributed by atoms with E-state index >= 15 is 0 Å². The lowest BCUT2D eigenvalue weighted by Gasteiger charge is -2.26. The van der Waals surface area contributed by atoms with Gasteiger partial charge in [0.2, 0.25) is 5.91 Å². The molecule has 0 atom stereocenters. The number of hydrogen-bond acceptors (Lipinski definition) is 5. The highest BCUT2D eigenvalue weighted by atomic mass is 35.5. The van der Waals surface area contributed by atoms with Crippen molar-refractivity contribution in [2.24, 2.45) is 0 Å². The highest BCUT2D eigenvalue weighted by Gasteiger charge is 2.20. The Morgan fingerprint density at radius 2 is 1.90 bits per heavy atom. The van der Waals surface area contributed by atoms with Crippen molar-refractivity contribution in [1.82, 2.24) is 19.7 Å². The third-order valence-electron chi connectivity index (χ3n) is 4.68. The van der Waals surface area contributed by atoms with Gasteiger partial charge in [0.05, 0.1) is 19.0 Å². The van der Waals surface area contributed by atoms with Gasteiger partial charge in [-0.3, -0.25) is 9.36 Å². The van der Waals surface area contributed by atoms with Gasteiger partial charge in [-0.25, -0.2) is 0 Å². The van der Waals surface area contributed by atoms with Crippen LogP contribution in [0.25, 0.3) is 17.1 Å². The molecule has 0 aliphatic carbocycles. The Hall–Kier alpha value is -2.35. The van der Waals surface area contributed by atoms with E-state index in [2.05, 4.69) is 16.3 Å². The second-order valence-electron chi connectivity index (χ2n) is 6.77. The predicted octanol–water partition coefficient (Wildman–Crippen LogP) is 3.85. The van der Waals surface area contributed by atoms with Crippen molar-refractivity contribution in [1.29, 1.82) is 0 Å². The summed E-state index contributed by atoms with van der Waals surface area (Å²) in [6, 6.07) is 15.7. The maximum atomic E-state index is 12.6. The van der Waals surface area contributed by atoms with E-state index in [1.165, 1.54) is 11.8 Å². The van der Waals surface area contributed by atoms with Crippen LogP contribution in [0.15, 0.2) is 53.7 Å². The van der Waals surface area contributed by atoms with Crippen LogP contribution in [-0.2, 0) is 9.53 Å². The molecular formula is C21H21ClN4O2S. The molecule has 0 spiro atoms. The van der Waals surface area contributed by atoms with E-state index < -0.39 is 0 Å². The van der Waals surface area contributed by atoms with Gasteiger partial charge in [-0.05, 0) is 37.3 Å². The average molecular weight is 429 g/mol. The Morgan fingerprint density at radius 3 is 2.62 bits per heavy atom. The van der Waals surface area contributed by atoms with Crippen molar-refractivity contribution < 1.29 is 9.53 Å². The van der Waals surface area contributed by atoms with Gasteiger partial charge in [0.1, 0.15) is 0 Å². The van der Waals surface area contributed by atoms with Crippen molar-refractivity contribution in [3.05, 3.63) is 59.1 Å². The Balaban J connectivity index is 1.64. The van der Waals surface area contributed by atoms with Gasteiger partial charge in [-0.1, -0.05) is 47.1 Å². The van der Waals surface area contributed by atoms with Crippen LogP contribution in [0.4, 0.5) is 0 Å². The summed E-state index contributed by atoms with van der Waals surface area (Å²) in [4.78, 5) is 14.4. The van der Waals surface area contributed by atoms with Crippen LogP contribution >= 0.6 is 23.4 Å². The number of aryl methyl sites for hydroxylation is 1. The highest BCUT2D eigenvalue weighted by molar-refractivity contribution is 7.99. The second-order valence-corrected chi connectivity index (χ2v) is 8.15. The Kier molecular flexibility index (Phi) is 6.18. The van der Waals surface area contributed by atoms with Crippen LogP contribution in [0.3, 0.4) is 0 Å². The molecule has 29 heavy (non-hydrogen) atoms. The zero-order valence-electron chi connectivity index (χ0n) is 16.0. The van der Waals surface area contributed by atoms with Gasteiger partial charge in [0.15, 0.2) is 11.0 Å². The molecule has 0 radical (unpaired) electrons. The molecule has 1 saturated heterocycles. The first-order valence-corrected chi connectivity index (χ1v) is 10.7. The van der Waals surface area contributed by atoms with E-state index in [0.717, 1.165) is 22.6 Å². The van der Waals surface area contributed by atoms with Gasteiger partial charge in [-0.2, -0.15) is 0 Å². The first-order chi connectivity index (χ1) is 14.1. The topological polar surface area (TPSA) is 60.3 Å². The number of halogens is 1. The molecule has 0 saturated carbocycles. The fraction of sp³-hybridized carbons (Fsp3) is 0.286. The first-order valence-electron chi connectivity index (χ1n) is 9.38. The summed E-state index contributed by atoms with van der Waals surface area (Å²) < 4.78 is 7.30. The molecule has 150 valence electrons. The molecule has 1 aliphatic rings. The predicted molar refractivity (Wildman–Crippen MR) is 115 cm³/mol. The Morgan fingerprint density at radius 1 is 1.14 bits per heavy atom. The molecule has 3 aromatic rings. The van der Waals surface area contributed by atoms with Gasteiger partial charge in [0, 0.05) is 29.4 Å². The summed E-state index contributed by atoms with van der Waals surface area (Å²) in [6.45, 7) is 4.50. The van der Waals surface area contributed by atoms with E-state index in [9.17, 15) is 4.79 Å². The van der Waals surface area contributed by atoms with Crippen molar-refractivity contribution in [2.75, 3.05) is 32.1 Å². The molecule has 2 aromatic carbocycles. The summed E-state index contributed by atoms with van der Waals surface area (Å²) in [5.41, 5.74) is 3.01. The van der Waals surface area contributed by atoms with Gasteiger partial charge < -0.3 is 9.64 Å². The van der Waals surface area contributed by atoms with Crippen molar-refractivity contribution in [3.8, 4) is 17.1 Å². The molecule has 0 unspecified atom stereocenters. The number of rotatable bonds is 5. The second kappa shape index (κ2) is 8.98. The molecule has 2 heterocycles. The zero-order valence-corrected chi connectivity index (χ0v) is 17.6. The zero-order chi connectivity index (χ0) is 20.2. The van der Waals surface area contributed by atoms with Crippen molar-refractivity contribution in [3.63, 3.8) is 0 Å². The van der Waals surface area contributed by atoms with Crippen LogP contribution in [-0.4, -0.2) is 57.6 Å². The summed E-state index contributed by atoms with van der Waals surface area (Å²) >= 11 is 7.46. The number of carbonyl (C=O) groups excluding carboxylic acids is 1. The van der Waals surface area contributed by atoms with Crippen LogP contribution < -0.4 is 0 Å². The standard InChI is InChI=1S/C21H21ClN4O2S/c1-15-3-2-4-16(13-15)20-23-24-21(26(20)18-7-5-17(22)6-8-18)29-14-19(27)25-9-11-28-12-10-25/h2-8,13H,9-12,14H2,1H3. The first kappa shape index (κ1) is 19.9. The summed E-state index contributed by atoms with van der Waals surface area (Å²) in [5, 5.41) is 10.2. The maximum Gasteiger partial charge on any atom is 0.233 e. The third kappa shape index (κ3) is 4.63. The summed E-state index contributed by atoms with van der Waals surface area (Å²) in [6.07, 6.45) is 0. The fourth-order valence-corrected chi connectivity index (χ4v) is 4.17. The van der Waals surface area contributed by atoms with Crippen LogP contribution in [0, 0.1) is 6.92 Å². The lowest BCUT2D eigenvalue weighted by Crippen LogP contribution is -2.41. The molecule has 1 aliphatic heterocycles. The van der Waals surface area contributed by atoms with Crippen LogP contribution in [0.1, 0.15) is 5.56 Å².